The predicted molar refractivity (Wildman–Crippen MR) is 55.0 cm³/mol. The SMILES string of the molecule is COCO/C(=C/c1ccccc1)C(=O)O. The highest BCUT2D eigenvalue weighted by molar-refractivity contribution is 5.89. The molecule has 1 rings (SSSR count). The van der Waals surface area contributed by atoms with E-state index in [2.05, 4.69) is 4.74 Å². The summed E-state index contributed by atoms with van der Waals surface area (Å²) in [5.74, 6) is -1.25. The topological polar surface area (TPSA) is 55.8 Å². The minimum Gasteiger partial charge on any atom is -0.475 e. The van der Waals surface area contributed by atoms with Gasteiger partial charge in [-0.05, 0) is 11.6 Å². The molecular weight excluding hydrogens is 196 g/mol. The third-order valence-corrected chi connectivity index (χ3v) is 1.64. The molecule has 0 saturated carbocycles. The Balaban J connectivity index is 2.79. The van der Waals surface area contributed by atoms with Crippen molar-refractivity contribution >= 4 is 12.0 Å². The average Bonchev–Trinajstić information content (AvgIpc) is 2.25. The van der Waals surface area contributed by atoms with Gasteiger partial charge in [-0.3, -0.25) is 0 Å². The molecule has 4 nitrogen and oxygen atoms in total. The van der Waals surface area contributed by atoms with Gasteiger partial charge in [-0.2, -0.15) is 0 Å². The zero-order valence-corrected chi connectivity index (χ0v) is 8.34. The lowest BCUT2D eigenvalue weighted by Gasteiger charge is -2.04. The van der Waals surface area contributed by atoms with E-state index in [0.717, 1.165) is 5.56 Å². The van der Waals surface area contributed by atoms with Crippen molar-refractivity contribution in [2.75, 3.05) is 13.9 Å². The lowest BCUT2D eigenvalue weighted by atomic mass is 10.2. The molecule has 0 aliphatic rings. The fourth-order valence-corrected chi connectivity index (χ4v) is 0.988. The van der Waals surface area contributed by atoms with Crippen molar-refractivity contribution in [3.05, 3.63) is 41.7 Å². The van der Waals surface area contributed by atoms with E-state index < -0.39 is 5.97 Å². The first-order valence-electron chi connectivity index (χ1n) is 4.36. The predicted octanol–water partition coefficient (Wildman–Crippen LogP) is 1.73. The zero-order chi connectivity index (χ0) is 11.1. The summed E-state index contributed by atoms with van der Waals surface area (Å²) in [6.45, 7) is -0.0784. The molecule has 80 valence electrons. The number of aliphatic carboxylic acids is 1. The average molecular weight is 208 g/mol. The van der Waals surface area contributed by atoms with Crippen LogP contribution in [0.15, 0.2) is 36.1 Å². The third kappa shape index (κ3) is 3.83. The third-order valence-electron chi connectivity index (χ3n) is 1.64. The minimum atomic E-state index is -1.11. The molecule has 1 N–H and O–H groups in total. The number of hydrogen-bond donors (Lipinski definition) is 1. The summed E-state index contributed by atoms with van der Waals surface area (Å²) in [5.41, 5.74) is 0.769. The quantitative estimate of drug-likeness (QED) is 0.455. The molecule has 0 amide bonds. The van der Waals surface area contributed by atoms with Crippen LogP contribution in [0.3, 0.4) is 0 Å². The van der Waals surface area contributed by atoms with Gasteiger partial charge in [-0.1, -0.05) is 30.3 Å². The second-order valence-corrected chi connectivity index (χ2v) is 2.78. The highest BCUT2D eigenvalue weighted by Crippen LogP contribution is 2.07. The largest absolute Gasteiger partial charge is 0.475 e. The molecule has 0 atom stereocenters. The normalized spacial score (nSPS) is 11.1. The van der Waals surface area contributed by atoms with Gasteiger partial charge in [0.05, 0.1) is 0 Å². The lowest BCUT2D eigenvalue weighted by molar-refractivity contribution is -0.138. The first-order chi connectivity index (χ1) is 7.24. The highest BCUT2D eigenvalue weighted by atomic mass is 16.7. The van der Waals surface area contributed by atoms with Gasteiger partial charge < -0.3 is 14.6 Å². The summed E-state index contributed by atoms with van der Waals surface area (Å²) in [6, 6.07) is 9.08. The van der Waals surface area contributed by atoms with Crippen LogP contribution in [0.2, 0.25) is 0 Å². The van der Waals surface area contributed by atoms with Crippen LogP contribution in [-0.4, -0.2) is 25.0 Å². The van der Waals surface area contributed by atoms with Gasteiger partial charge in [0.2, 0.25) is 5.76 Å². The maximum atomic E-state index is 10.8. The molecule has 0 heterocycles. The smallest absolute Gasteiger partial charge is 0.371 e. The van der Waals surface area contributed by atoms with E-state index in [1.165, 1.54) is 13.2 Å². The van der Waals surface area contributed by atoms with Crippen molar-refractivity contribution in [3.8, 4) is 0 Å². The van der Waals surface area contributed by atoms with E-state index >= 15 is 0 Å². The molecular formula is C11H12O4. The van der Waals surface area contributed by atoms with Crippen LogP contribution in [0.5, 0.6) is 0 Å². The van der Waals surface area contributed by atoms with Crippen LogP contribution in [0.1, 0.15) is 5.56 Å². The lowest BCUT2D eigenvalue weighted by Crippen LogP contribution is -2.06. The number of rotatable bonds is 5. The van der Waals surface area contributed by atoms with E-state index in [4.69, 9.17) is 9.84 Å². The molecule has 0 saturated heterocycles. The maximum Gasteiger partial charge on any atom is 0.371 e. The van der Waals surface area contributed by atoms with Crippen molar-refractivity contribution in [1.82, 2.24) is 0 Å². The van der Waals surface area contributed by atoms with Gasteiger partial charge in [0.15, 0.2) is 6.79 Å². The summed E-state index contributed by atoms with van der Waals surface area (Å²) in [6.07, 6.45) is 1.45. The van der Waals surface area contributed by atoms with Crippen LogP contribution in [0.4, 0.5) is 0 Å². The van der Waals surface area contributed by atoms with Crippen molar-refractivity contribution in [1.29, 1.82) is 0 Å². The summed E-state index contributed by atoms with van der Waals surface area (Å²) in [4.78, 5) is 10.8. The van der Waals surface area contributed by atoms with Crippen molar-refractivity contribution < 1.29 is 19.4 Å². The number of carbonyl (C=O) groups is 1. The second kappa shape index (κ2) is 5.82. The second-order valence-electron chi connectivity index (χ2n) is 2.78. The van der Waals surface area contributed by atoms with Crippen LogP contribution >= 0.6 is 0 Å². The van der Waals surface area contributed by atoms with Gasteiger partial charge in [0.1, 0.15) is 0 Å². The molecule has 0 radical (unpaired) electrons. The first-order valence-corrected chi connectivity index (χ1v) is 4.36. The fraction of sp³-hybridized carbons (Fsp3) is 0.182. The molecule has 0 bridgehead atoms. The molecule has 4 heteroatoms. The Bertz CT molecular complexity index is 343. The molecule has 0 unspecified atom stereocenters. The molecule has 0 aliphatic heterocycles. The van der Waals surface area contributed by atoms with Gasteiger partial charge in [-0.25, -0.2) is 4.79 Å². The number of benzene rings is 1. The van der Waals surface area contributed by atoms with E-state index in [1.807, 2.05) is 18.2 Å². The summed E-state index contributed by atoms with van der Waals surface area (Å²) in [5, 5.41) is 8.81. The molecule has 0 aliphatic carbocycles. The van der Waals surface area contributed by atoms with E-state index in [9.17, 15) is 4.79 Å². The van der Waals surface area contributed by atoms with Crippen LogP contribution in [0.25, 0.3) is 6.08 Å². The number of hydrogen-bond acceptors (Lipinski definition) is 3. The number of methoxy groups -OCH3 is 1. The van der Waals surface area contributed by atoms with Crippen molar-refractivity contribution in [2.24, 2.45) is 0 Å². The summed E-state index contributed by atoms with van der Waals surface area (Å²) >= 11 is 0. The van der Waals surface area contributed by atoms with Gasteiger partial charge >= 0.3 is 5.97 Å². The maximum absolute atomic E-state index is 10.8. The zero-order valence-electron chi connectivity index (χ0n) is 8.34. The van der Waals surface area contributed by atoms with Crippen molar-refractivity contribution in [2.45, 2.75) is 0 Å². The standard InChI is InChI=1S/C11H12O4/c1-14-8-15-10(11(12)13)7-9-5-3-2-4-6-9/h2-7H,8H2,1H3,(H,12,13)/b10-7+. The number of carboxylic acids is 1. The highest BCUT2D eigenvalue weighted by Gasteiger charge is 2.07. The Morgan fingerprint density at radius 2 is 2.07 bits per heavy atom. The van der Waals surface area contributed by atoms with Gasteiger partial charge in [-0.15, -0.1) is 0 Å². The van der Waals surface area contributed by atoms with Crippen LogP contribution in [-0.2, 0) is 14.3 Å². The Labute approximate surface area is 87.7 Å². The Morgan fingerprint density at radius 3 is 2.60 bits per heavy atom. The number of ether oxygens (including phenoxy) is 2. The Kier molecular flexibility index (Phi) is 4.37. The molecule has 1 aromatic carbocycles. The van der Waals surface area contributed by atoms with Crippen LogP contribution < -0.4 is 0 Å². The Hall–Kier alpha value is -1.81. The van der Waals surface area contributed by atoms with Gasteiger partial charge in [0, 0.05) is 7.11 Å². The molecule has 0 spiro atoms. The minimum absolute atomic E-state index is 0.0784. The fourth-order valence-electron chi connectivity index (χ4n) is 0.988. The summed E-state index contributed by atoms with van der Waals surface area (Å²) in [7, 11) is 1.43. The molecule has 15 heavy (non-hydrogen) atoms. The van der Waals surface area contributed by atoms with Crippen molar-refractivity contribution in [3.63, 3.8) is 0 Å². The van der Waals surface area contributed by atoms with E-state index in [1.54, 1.807) is 12.1 Å². The summed E-state index contributed by atoms with van der Waals surface area (Å²) < 4.78 is 9.53. The monoisotopic (exact) mass is 208 g/mol. The molecule has 0 aromatic heterocycles. The van der Waals surface area contributed by atoms with E-state index in [0.29, 0.717) is 0 Å². The Morgan fingerprint density at radius 1 is 1.40 bits per heavy atom. The number of carboxylic acid groups (broad SMARTS) is 1. The van der Waals surface area contributed by atoms with E-state index in [-0.39, 0.29) is 12.6 Å². The molecule has 1 aromatic rings. The van der Waals surface area contributed by atoms with Gasteiger partial charge in [0.25, 0.3) is 0 Å². The molecule has 0 fully saturated rings. The van der Waals surface area contributed by atoms with Crippen LogP contribution in [0, 0.1) is 0 Å². The first kappa shape index (κ1) is 11.3.